The third kappa shape index (κ3) is 5.17. The molecule has 0 aliphatic carbocycles. The number of hydrogen-bond acceptors (Lipinski definition) is 4. The Bertz CT molecular complexity index is 844. The van der Waals surface area contributed by atoms with Gasteiger partial charge in [-0.15, -0.1) is 11.3 Å². The largest absolute Gasteiger partial charge is 0.335 e. The summed E-state index contributed by atoms with van der Waals surface area (Å²) >= 11 is 1.57. The van der Waals surface area contributed by atoms with Gasteiger partial charge >= 0.3 is 0 Å². The number of piperazine rings is 1. The van der Waals surface area contributed by atoms with Crippen LogP contribution in [0.1, 0.15) is 33.5 Å². The maximum Gasteiger partial charge on any atom is 0.264 e. The van der Waals surface area contributed by atoms with Crippen LogP contribution in [0.25, 0.3) is 0 Å². The van der Waals surface area contributed by atoms with Gasteiger partial charge in [-0.05, 0) is 43.2 Å². The van der Waals surface area contributed by atoms with E-state index in [4.69, 9.17) is 0 Å². The lowest BCUT2D eigenvalue weighted by molar-refractivity contribution is -0.117. The van der Waals surface area contributed by atoms with Gasteiger partial charge in [-0.1, -0.05) is 19.4 Å². The van der Waals surface area contributed by atoms with Crippen molar-refractivity contribution in [2.75, 3.05) is 38.0 Å². The number of nitrogens with one attached hydrogen (secondary N) is 1. The number of halogens is 1. The quantitative estimate of drug-likeness (QED) is 0.803. The van der Waals surface area contributed by atoms with Crippen molar-refractivity contribution in [2.24, 2.45) is 0 Å². The normalized spacial score (nSPS) is 14.9. The number of thiophene rings is 1. The molecule has 1 aromatic carbocycles. The summed E-state index contributed by atoms with van der Waals surface area (Å²) in [6.07, 6.45) is 2.07. The number of amides is 2. The Morgan fingerprint density at radius 3 is 2.61 bits per heavy atom. The van der Waals surface area contributed by atoms with Crippen LogP contribution in [-0.2, 0) is 11.2 Å². The maximum atomic E-state index is 13.2. The molecule has 1 aliphatic rings. The van der Waals surface area contributed by atoms with Crippen molar-refractivity contribution < 1.29 is 14.0 Å². The molecule has 2 aromatic rings. The van der Waals surface area contributed by atoms with Crippen molar-refractivity contribution in [1.29, 1.82) is 0 Å². The fourth-order valence-corrected chi connectivity index (χ4v) is 4.42. The minimum absolute atomic E-state index is 0.0827. The maximum absolute atomic E-state index is 13.2. The minimum Gasteiger partial charge on any atom is -0.335 e. The van der Waals surface area contributed by atoms with Crippen LogP contribution < -0.4 is 5.32 Å². The molecule has 150 valence electrons. The number of carbonyl (C=O) groups excluding carboxylic acids is 2. The van der Waals surface area contributed by atoms with Crippen LogP contribution in [0.3, 0.4) is 0 Å². The molecular weight excluding hydrogens is 377 g/mol. The molecule has 5 nitrogen and oxygen atoms in total. The first-order chi connectivity index (χ1) is 13.5. The Balaban J connectivity index is 1.49. The summed E-state index contributed by atoms with van der Waals surface area (Å²) in [5, 5.41) is 2.71. The van der Waals surface area contributed by atoms with Gasteiger partial charge in [0.15, 0.2) is 0 Å². The van der Waals surface area contributed by atoms with Crippen LogP contribution in [0.4, 0.5) is 10.1 Å². The average molecular weight is 404 g/mol. The number of aryl methyl sites for hydroxylation is 2. The van der Waals surface area contributed by atoms with Crippen LogP contribution in [-0.4, -0.2) is 54.3 Å². The van der Waals surface area contributed by atoms with E-state index in [9.17, 15) is 14.0 Å². The molecule has 28 heavy (non-hydrogen) atoms. The van der Waals surface area contributed by atoms with Crippen molar-refractivity contribution in [3.63, 3.8) is 0 Å². The van der Waals surface area contributed by atoms with Crippen LogP contribution in [0.5, 0.6) is 0 Å². The van der Waals surface area contributed by atoms with Gasteiger partial charge in [0.2, 0.25) is 5.91 Å². The second-order valence-corrected chi connectivity index (χ2v) is 8.33. The van der Waals surface area contributed by atoms with E-state index < -0.39 is 0 Å². The van der Waals surface area contributed by atoms with Crippen LogP contribution >= 0.6 is 11.3 Å². The molecule has 3 rings (SSSR count). The lowest BCUT2D eigenvalue weighted by Gasteiger charge is -2.34. The van der Waals surface area contributed by atoms with Crippen LogP contribution in [0.2, 0.25) is 0 Å². The van der Waals surface area contributed by atoms with E-state index in [1.54, 1.807) is 23.5 Å². The van der Waals surface area contributed by atoms with Crippen LogP contribution in [0.15, 0.2) is 30.3 Å². The summed E-state index contributed by atoms with van der Waals surface area (Å²) in [6.45, 7) is 6.95. The predicted octanol–water partition coefficient (Wildman–Crippen LogP) is 3.54. The van der Waals surface area contributed by atoms with E-state index in [-0.39, 0.29) is 24.2 Å². The molecule has 0 spiro atoms. The Kier molecular flexibility index (Phi) is 6.80. The first kappa shape index (κ1) is 20.5. The molecule has 0 atom stereocenters. The molecule has 0 saturated carbocycles. The summed E-state index contributed by atoms with van der Waals surface area (Å²) < 4.78 is 13.2. The summed E-state index contributed by atoms with van der Waals surface area (Å²) in [5.74, 6) is -0.474. The zero-order valence-electron chi connectivity index (χ0n) is 16.3. The van der Waals surface area contributed by atoms with E-state index in [1.165, 1.54) is 22.6 Å². The molecule has 1 saturated heterocycles. The molecule has 1 aromatic heterocycles. The number of benzene rings is 1. The van der Waals surface area contributed by atoms with Gasteiger partial charge in [-0.25, -0.2) is 4.39 Å². The highest BCUT2D eigenvalue weighted by atomic mass is 32.1. The number of nitrogens with zero attached hydrogens (tertiary/aromatic N) is 2. The van der Waals surface area contributed by atoms with E-state index >= 15 is 0 Å². The number of rotatable bonds is 6. The van der Waals surface area contributed by atoms with E-state index in [2.05, 4.69) is 19.2 Å². The minimum atomic E-state index is -0.379. The second-order valence-electron chi connectivity index (χ2n) is 7.07. The fourth-order valence-electron chi connectivity index (χ4n) is 3.38. The average Bonchev–Trinajstić information content (AvgIpc) is 3.03. The van der Waals surface area contributed by atoms with Crippen molar-refractivity contribution in [3.8, 4) is 0 Å². The standard InChI is InChI=1S/C21H26FN3O2S/c1-3-5-16-12-19(28-15(16)2)21(27)25-10-8-24(9-11-25)14-20(26)23-18-7-4-6-17(22)13-18/h4,6-7,12-13H,3,5,8-11,14H2,1-2H3,(H,23,26). The highest BCUT2D eigenvalue weighted by molar-refractivity contribution is 7.14. The molecule has 1 fully saturated rings. The monoisotopic (exact) mass is 403 g/mol. The van der Waals surface area contributed by atoms with Gasteiger partial charge in [0.1, 0.15) is 5.82 Å². The topological polar surface area (TPSA) is 52.7 Å². The third-order valence-electron chi connectivity index (χ3n) is 4.89. The number of anilines is 1. The van der Waals surface area contributed by atoms with Crippen molar-refractivity contribution in [3.05, 3.63) is 51.5 Å². The fraction of sp³-hybridized carbons (Fsp3) is 0.429. The highest BCUT2D eigenvalue weighted by Gasteiger charge is 2.24. The third-order valence-corrected chi connectivity index (χ3v) is 5.97. The van der Waals surface area contributed by atoms with Gasteiger partial charge in [0.25, 0.3) is 5.91 Å². The molecule has 0 unspecified atom stereocenters. The molecule has 7 heteroatoms. The van der Waals surface area contributed by atoms with Gasteiger partial charge in [-0.2, -0.15) is 0 Å². The second kappa shape index (κ2) is 9.30. The molecule has 0 bridgehead atoms. The molecule has 1 aliphatic heterocycles. The van der Waals surface area contributed by atoms with Crippen LogP contribution in [0, 0.1) is 12.7 Å². The molecule has 2 heterocycles. The van der Waals surface area contributed by atoms with Gasteiger partial charge in [0, 0.05) is 36.7 Å². The SMILES string of the molecule is CCCc1cc(C(=O)N2CCN(CC(=O)Nc3cccc(F)c3)CC2)sc1C. The zero-order chi connectivity index (χ0) is 20.1. The first-order valence-corrected chi connectivity index (χ1v) is 10.4. The highest BCUT2D eigenvalue weighted by Crippen LogP contribution is 2.24. The van der Waals surface area contributed by atoms with Gasteiger partial charge < -0.3 is 10.2 Å². The van der Waals surface area contributed by atoms with E-state index in [0.29, 0.717) is 31.9 Å². The molecule has 2 amide bonds. The van der Waals surface area contributed by atoms with E-state index in [1.807, 2.05) is 15.9 Å². The van der Waals surface area contributed by atoms with E-state index in [0.717, 1.165) is 17.7 Å². The summed E-state index contributed by atoms with van der Waals surface area (Å²) in [5.41, 5.74) is 1.72. The molecule has 0 radical (unpaired) electrons. The van der Waals surface area contributed by atoms with Crippen molar-refractivity contribution in [1.82, 2.24) is 9.80 Å². The predicted molar refractivity (Wildman–Crippen MR) is 110 cm³/mol. The summed E-state index contributed by atoms with van der Waals surface area (Å²) in [7, 11) is 0. The lowest BCUT2D eigenvalue weighted by atomic mass is 10.1. The Hall–Kier alpha value is -2.25. The number of carbonyl (C=O) groups is 2. The van der Waals surface area contributed by atoms with Crippen molar-refractivity contribution in [2.45, 2.75) is 26.7 Å². The smallest absolute Gasteiger partial charge is 0.264 e. The summed E-state index contributed by atoms with van der Waals surface area (Å²) in [4.78, 5) is 30.9. The Morgan fingerprint density at radius 2 is 1.93 bits per heavy atom. The van der Waals surface area contributed by atoms with Crippen molar-refractivity contribution >= 4 is 28.8 Å². The molecular formula is C21H26FN3O2S. The van der Waals surface area contributed by atoms with Gasteiger partial charge in [0.05, 0.1) is 11.4 Å². The summed E-state index contributed by atoms with van der Waals surface area (Å²) in [6, 6.07) is 7.89. The number of hydrogen-bond donors (Lipinski definition) is 1. The molecule has 1 N–H and O–H groups in total. The zero-order valence-corrected chi connectivity index (χ0v) is 17.2. The Morgan fingerprint density at radius 1 is 1.18 bits per heavy atom. The first-order valence-electron chi connectivity index (χ1n) is 9.62. The Labute approximate surface area is 169 Å². The lowest BCUT2D eigenvalue weighted by Crippen LogP contribution is -2.50. The van der Waals surface area contributed by atoms with Gasteiger partial charge in [-0.3, -0.25) is 14.5 Å².